The Balaban J connectivity index is 2.44. The molecule has 1 fully saturated rings. The lowest BCUT2D eigenvalue weighted by Crippen LogP contribution is -2.28. The second-order valence-electron chi connectivity index (χ2n) is 2.28. The van der Waals surface area contributed by atoms with Gasteiger partial charge in [0, 0.05) is 24.2 Å². The van der Waals surface area contributed by atoms with Gasteiger partial charge in [0.2, 0.25) is 0 Å². The zero-order chi connectivity index (χ0) is 6.15. The van der Waals surface area contributed by atoms with Crippen LogP contribution in [0.5, 0.6) is 0 Å². The second kappa shape index (κ2) is 2.25. The standard InChI is InChI=1S/C5H12N2S/c1-4-5(2)7(3)8-6-4/h4-6H,1-3H3. The van der Waals surface area contributed by atoms with Crippen molar-refractivity contribution >= 4 is 12.1 Å². The molecule has 48 valence electrons. The normalized spacial score (nSPS) is 40.9. The molecule has 2 atom stereocenters. The van der Waals surface area contributed by atoms with Gasteiger partial charge in [0.15, 0.2) is 0 Å². The Hall–Kier alpha value is 0.270. The molecule has 0 bridgehead atoms. The minimum Gasteiger partial charge on any atom is -0.246 e. The van der Waals surface area contributed by atoms with Gasteiger partial charge in [0.25, 0.3) is 0 Å². The van der Waals surface area contributed by atoms with E-state index >= 15 is 0 Å². The zero-order valence-electron chi connectivity index (χ0n) is 5.51. The largest absolute Gasteiger partial charge is 0.246 e. The van der Waals surface area contributed by atoms with Crippen molar-refractivity contribution in [2.75, 3.05) is 7.05 Å². The van der Waals surface area contributed by atoms with E-state index in [1.807, 2.05) is 0 Å². The van der Waals surface area contributed by atoms with Crippen molar-refractivity contribution in [1.29, 1.82) is 0 Å². The van der Waals surface area contributed by atoms with Gasteiger partial charge in [-0.1, -0.05) is 0 Å². The summed E-state index contributed by atoms with van der Waals surface area (Å²) in [5.74, 6) is 0. The third-order valence-electron chi connectivity index (χ3n) is 1.68. The van der Waals surface area contributed by atoms with Crippen LogP contribution in [0.2, 0.25) is 0 Å². The van der Waals surface area contributed by atoms with Crippen molar-refractivity contribution in [2.45, 2.75) is 25.9 Å². The van der Waals surface area contributed by atoms with E-state index in [-0.39, 0.29) is 0 Å². The summed E-state index contributed by atoms with van der Waals surface area (Å²) in [6, 6.07) is 1.30. The highest BCUT2D eigenvalue weighted by molar-refractivity contribution is 7.95. The maximum absolute atomic E-state index is 3.26. The molecular weight excluding hydrogens is 120 g/mol. The lowest BCUT2D eigenvalue weighted by Gasteiger charge is -2.12. The van der Waals surface area contributed by atoms with E-state index in [1.54, 1.807) is 12.1 Å². The average molecular weight is 132 g/mol. The summed E-state index contributed by atoms with van der Waals surface area (Å²) >= 11 is 1.70. The number of hydrogen-bond acceptors (Lipinski definition) is 3. The van der Waals surface area contributed by atoms with Crippen molar-refractivity contribution in [1.82, 2.24) is 9.03 Å². The quantitative estimate of drug-likeness (QED) is 0.492. The fraction of sp³-hybridized carbons (Fsp3) is 1.00. The number of likely N-dealkylation sites (N-methyl/N-ethyl adjacent to an activating group) is 1. The van der Waals surface area contributed by atoms with Crippen LogP contribution in [-0.4, -0.2) is 23.4 Å². The van der Waals surface area contributed by atoms with Gasteiger partial charge in [-0.2, -0.15) is 0 Å². The maximum atomic E-state index is 3.26. The van der Waals surface area contributed by atoms with Gasteiger partial charge >= 0.3 is 0 Å². The van der Waals surface area contributed by atoms with E-state index in [2.05, 4.69) is 29.9 Å². The van der Waals surface area contributed by atoms with Gasteiger partial charge < -0.3 is 0 Å². The molecule has 1 aliphatic rings. The lowest BCUT2D eigenvalue weighted by molar-refractivity contribution is 0.412. The number of hydrogen-bond donors (Lipinski definition) is 1. The molecule has 2 unspecified atom stereocenters. The zero-order valence-corrected chi connectivity index (χ0v) is 6.33. The smallest absolute Gasteiger partial charge is 0.0343 e. The predicted molar refractivity (Wildman–Crippen MR) is 37.4 cm³/mol. The van der Waals surface area contributed by atoms with E-state index in [0.717, 1.165) is 0 Å². The van der Waals surface area contributed by atoms with Crippen LogP contribution >= 0.6 is 12.1 Å². The molecule has 8 heavy (non-hydrogen) atoms. The first kappa shape index (κ1) is 6.39. The molecule has 1 rings (SSSR count). The topological polar surface area (TPSA) is 15.3 Å². The molecule has 0 aromatic heterocycles. The Labute approximate surface area is 54.9 Å². The van der Waals surface area contributed by atoms with Crippen LogP contribution < -0.4 is 4.72 Å². The van der Waals surface area contributed by atoms with Crippen LogP contribution in [0.4, 0.5) is 0 Å². The predicted octanol–water partition coefficient (Wildman–Crippen LogP) is 0.862. The Bertz CT molecular complexity index is 76.5. The molecule has 0 saturated carbocycles. The number of nitrogens with one attached hydrogen (secondary N) is 1. The summed E-state index contributed by atoms with van der Waals surface area (Å²) in [6.45, 7) is 4.42. The molecule has 2 nitrogen and oxygen atoms in total. The summed E-state index contributed by atoms with van der Waals surface area (Å²) in [5.41, 5.74) is 0. The molecule has 0 radical (unpaired) electrons. The monoisotopic (exact) mass is 132 g/mol. The van der Waals surface area contributed by atoms with Crippen LogP contribution in [0.25, 0.3) is 0 Å². The number of rotatable bonds is 0. The third kappa shape index (κ3) is 0.989. The van der Waals surface area contributed by atoms with E-state index in [4.69, 9.17) is 0 Å². The van der Waals surface area contributed by atoms with Crippen LogP contribution in [0, 0.1) is 0 Å². The fourth-order valence-electron chi connectivity index (χ4n) is 0.663. The first-order valence-electron chi connectivity index (χ1n) is 2.87. The molecular formula is C5H12N2S. The van der Waals surface area contributed by atoms with E-state index in [9.17, 15) is 0 Å². The summed E-state index contributed by atoms with van der Waals surface area (Å²) in [5, 5.41) is 0. The van der Waals surface area contributed by atoms with Crippen LogP contribution in [0.1, 0.15) is 13.8 Å². The molecule has 0 amide bonds. The summed E-state index contributed by atoms with van der Waals surface area (Å²) in [6.07, 6.45) is 0. The van der Waals surface area contributed by atoms with Crippen molar-refractivity contribution < 1.29 is 0 Å². The maximum Gasteiger partial charge on any atom is 0.0343 e. The van der Waals surface area contributed by atoms with E-state index in [0.29, 0.717) is 12.1 Å². The van der Waals surface area contributed by atoms with Gasteiger partial charge in [-0.05, 0) is 20.9 Å². The summed E-state index contributed by atoms with van der Waals surface area (Å²) in [7, 11) is 2.10. The molecule has 0 spiro atoms. The Morgan fingerprint density at radius 2 is 2.12 bits per heavy atom. The Kier molecular flexibility index (Phi) is 1.80. The van der Waals surface area contributed by atoms with Crippen molar-refractivity contribution in [2.24, 2.45) is 0 Å². The molecule has 1 aliphatic heterocycles. The van der Waals surface area contributed by atoms with Gasteiger partial charge in [-0.25, -0.2) is 9.03 Å². The van der Waals surface area contributed by atoms with E-state index in [1.165, 1.54) is 0 Å². The van der Waals surface area contributed by atoms with Crippen LogP contribution in [0.3, 0.4) is 0 Å². The van der Waals surface area contributed by atoms with Gasteiger partial charge in [0.05, 0.1) is 0 Å². The molecule has 1 heterocycles. The highest BCUT2D eigenvalue weighted by Crippen LogP contribution is 2.19. The van der Waals surface area contributed by atoms with Crippen LogP contribution in [-0.2, 0) is 0 Å². The van der Waals surface area contributed by atoms with Gasteiger partial charge in [-0.15, -0.1) is 0 Å². The lowest BCUT2D eigenvalue weighted by atomic mass is 10.2. The number of nitrogens with zero attached hydrogens (tertiary/aromatic N) is 1. The summed E-state index contributed by atoms with van der Waals surface area (Å²) < 4.78 is 5.49. The highest BCUT2D eigenvalue weighted by atomic mass is 32.2. The van der Waals surface area contributed by atoms with Crippen molar-refractivity contribution in [3.8, 4) is 0 Å². The first-order valence-corrected chi connectivity index (χ1v) is 3.64. The molecule has 1 N–H and O–H groups in total. The highest BCUT2D eigenvalue weighted by Gasteiger charge is 2.23. The van der Waals surface area contributed by atoms with Gasteiger partial charge in [0.1, 0.15) is 0 Å². The molecule has 0 aromatic rings. The fourth-order valence-corrected chi connectivity index (χ4v) is 1.54. The SMILES string of the molecule is CC1NSN(C)C1C. The molecule has 0 aromatic carbocycles. The first-order chi connectivity index (χ1) is 3.72. The van der Waals surface area contributed by atoms with E-state index < -0.39 is 0 Å². The van der Waals surface area contributed by atoms with Crippen molar-refractivity contribution in [3.05, 3.63) is 0 Å². The minimum absolute atomic E-state index is 0.630. The average Bonchev–Trinajstić information content (AvgIpc) is 1.98. The Morgan fingerprint density at radius 1 is 1.50 bits per heavy atom. The second-order valence-corrected chi connectivity index (χ2v) is 3.28. The minimum atomic E-state index is 0.630. The van der Waals surface area contributed by atoms with Crippen LogP contribution in [0.15, 0.2) is 0 Å². The molecule has 3 heteroatoms. The Morgan fingerprint density at radius 3 is 2.25 bits per heavy atom. The molecule has 1 saturated heterocycles. The van der Waals surface area contributed by atoms with Crippen molar-refractivity contribution in [3.63, 3.8) is 0 Å². The third-order valence-corrected chi connectivity index (χ3v) is 2.78. The van der Waals surface area contributed by atoms with Gasteiger partial charge in [-0.3, -0.25) is 0 Å². The molecule has 0 aliphatic carbocycles. The summed E-state index contributed by atoms with van der Waals surface area (Å²) in [4.78, 5) is 0.